The normalized spacial score (nSPS) is 38.1. The van der Waals surface area contributed by atoms with Gasteiger partial charge in [-0.05, 0) is 39.9 Å². The second kappa shape index (κ2) is 12.9. The summed E-state index contributed by atoms with van der Waals surface area (Å²) in [5, 5.41) is 0. The fraction of sp³-hybridized carbons (Fsp3) is 0.852. The van der Waals surface area contributed by atoms with Gasteiger partial charge in [-0.1, -0.05) is 0 Å². The number of thioether (sulfide) groups is 1. The zero-order valence-electron chi connectivity index (χ0n) is 25.0. The first-order valence-electron chi connectivity index (χ1n) is 13.8. The maximum Gasteiger partial charge on any atom is 0.303 e. The van der Waals surface area contributed by atoms with Crippen LogP contribution in [0.4, 0.5) is 0 Å². The van der Waals surface area contributed by atoms with Crippen LogP contribution in [0.15, 0.2) is 0 Å². The number of carbonyl (C=O) groups excluding carboxylic acids is 4. The summed E-state index contributed by atoms with van der Waals surface area (Å²) in [4.78, 5) is 47.7. The SMILES string of the molecule is CC(=O)OC[C@H]1O[C@@H](SCC[C@H]2O[C@@H]3OC(C)(C)O[C@@H]3[C@H]3OC(C)(C)O[C@H]32)[C@H](OC(C)=O)[C@@H](OC(C)=O)[C@@H]1OC(C)=O. The molecular weight excluding hydrogens is 580 g/mol. The highest BCUT2D eigenvalue weighted by Gasteiger charge is 2.60. The van der Waals surface area contributed by atoms with E-state index in [1.54, 1.807) is 13.8 Å². The van der Waals surface area contributed by atoms with Crippen LogP contribution in [-0.2, 0) is 66.5 Å². The van der Waals surface area contributed by atoms with Crippen LogP contribution in [0.1, 0.15) is 61.8 Å². The van der Waals surface area contributed by atoms with Gasteiger partial charge >= 0.3 is 23.9 Å². The molecule has 0 unspecified atom stereocenters. The van der Waals surface area contributed by atoms with Crippen molar-refractivity contribution >= 4 is 35.6 Å². The number of esters is 4. The summed E-state index contributed by atoms with van der Waals surface area (Å²) in [6.45, 7) is 11.7. The van der Waals surface area contributed by atoms with Crippen LogP contribution in [0.5, 0.6) is 0 Å². The number of carbonyl (C=O) groups is 4. The van der Waals surface area contributed by atoms with E-state index in [4.69, 9.17) is 47.4 Å². The molecule has 14 nitrogen and oxygen atoms in total. The fourth-order valence-electron chi connectivity index (χ4n) is 5.55. The minimum Gasteiger partial charge on any atom is -0.463 e. The summed E-state index contributed by atoms with van der Waals surface area (Å²) in [7, 11) is 0. The summed E-state index contributed by atoms with van der Waals surface area (Å²) in [6.07, 6.45) is -6.54. The molecule has 4 aliphatic heterocycles. The molecule has 4 aliphatic rings. The summed E-state index contributed by atoms with van der Waals surface area (Å²) < 4.78 is 58.5. The van der Waals surface area contributed by atoms with Crippen molar-refractivity contribution < 1.29 is 66.5 Å². The average molecular weight is 621 g/mol. The van der Waals surface area contributed by atoms with Crippen LogP contribution < -0.4 is 0 Å². The average Bonchev–Trinajstić information content (AvgIpc) is 3.34. The molecule has 0 saturated carbocycles. The smallest absolute Gasteiger partial charge is 0.303 e. The van der Waals surface area contributed by atoms with Gasteiger partial charge in [-0.25, -0.2) is 0 Å². The molecule has 238 valence electrons. The van der Waals surface area contributed by atoms with Crippen LogP contribution in [0, 0.1) is 0 Å². The van der Waals surface area contributed by atoms with E-state index in [2.05, 4.69) is 0 Å². The monoisotopic (exact) mass is 620 g/mol. The number of rotatable bonds is 9. The molecule has 4 fully saturated rings. The van der Waals surface area contributed by atoms with Crippen molar-refractivity contribution in [3.05, 3.63) is 0 Å². The van der Waals surface area contributed by atoms with E-state index in [0.717, 1.165) is 0 Å². The van der Waals surface area contributed by atoms with E-state index >= 15 is 0 Å². The maximum atomic E-state index is 12.1. The lowest BCUT2D eigenvalue weighted by Gasteiger charge is -2.44. The first-order chi connectivity index (χ1) is 19.5. The molecule has 15 heteroatoms. The maximum absolute atomic E-state index is 12.1. The predicted octanol–water partition coefficient (Wildman–Crippen LogP) is 1.59. The highest BCUT2D eigenvalue weighted by molar-refractivity contribution is 7.99. The Hall–Kier alpha value is -2.01. The molecule has 0 spiro atoms. The lowest BCUT2D eigenvalue weighted by Crippen LogP contribution is -2.61. The van der Waals surface area contributed by atoms with Gasteiger partial charge in [-0.15, -0.1) is 11.8 Å². The molecule has 0 aromatic heterocycles. The van der Waals surface area contributed by atoms with Crippen LogP contribution >= 0.6 is 11.8 Å². The number of ether oxygens (including phenoxy) is 10. The van der Waals surface area contributed by atoms with Crippen molar-refractivity contribution in [2.75, 3.05) is 12.4 Å². The predicted molar refractivity (Wildman–Crippen MR) is 142 cm³/mol. The Kier molecular flexibility index (Phi) is 10.1. The summed E-state index contributed by atoms with van der Waals surface area (Å²) in [6, 6.07) is 0. The molecule has 0 radical (unpaired) electrons. The van der Waals surface area contributed by atoms with Crippen LogP contribution in [0.3, 0.4) is 0 Å². The zero-order valence-corrected chi connectivity index (χ0v) is 25.8. The largest absolute Gasteiger partial charge is 0.463 e. The van der Waals surface area contributed by atoms with Gasteiger partial charge in [0.2, 0.25) is 0 Å². The molecule has 0 amide bonds. The molecule has 4 saturated heterocycles. The van der Waals surface area contributed by atoms with Crippen molar-refractivity contribution in [3.63, 3.8) is 0 Å². The van der Waals surface area contributed by atoms with E-state index in [-0.39, 0.29) is 6.61 Å². The van der Waals surface area contributed by atoms with Crippen LogP contribution in [0.25, 0.3) is 0 Å². The highest BCUT2D eigenvalue weighted by atomic mass is 32.2. The second-order valence-electron chi connectivity index (χ2n) is 11.4. The Morgan fingerprint density at radius 3 is 1.81 bits per heavy atom. The molecule has 4 rings (SSSR count). The molecule has 0 aromatic rings. The van der Waals surface area contributed by atoms with Gasteiger partial charge in [0.05, 0.1) is 6.10 Å². The minimum atomic E-state index is -1.23. The van der Waals surface area contributed by atoms with Gasteiger partial charge in [0.15, 0.2) is 36.2 Å². The van der Waals surface area contributed by atoms with Crippen molar-refractivity contribution in [2.24, 2.45) is 0 Å². The summed E-state index contributed by atoms with van der Waals surface area (Å²) in [5.74, 6) is -3.91. The zero-order chi connectivity index (χ0) is 31.0. The Morgan fingerprint density at radius 2 is 1.19 bits per heavy atom. The first-order valence-corrected chi connectivity index (χ1v) is 14.9. The highest BCUT2D eigenvalue weighted by Crippen LogP contribution is 2.45. The molecule has 0 aliphatic carbocycles. The Labute approximate surface area is 248 Å². The lowest BCUT2D eigenvalue weighted by molar-refractivity contribution is -0.238. The lowest BCUT2D eigenvalue weighted by atomic mass is 9.97. The Morgan fingerprint density at radius 1 is 0.643 bits per heavy atom. The molecule has 4 heterocycles. The first kappa shape index (κ1) is 32.9. The van der Waals surface area contributed by atoms with E-state index in [1.807, 2.05) is 13.8 Å². The Balaban J connectivity index is 1.52. The van der Waals surface area contributed by atoms with E-state index in [0.29, 0.717) is 12.2 Å². The molecule has 0 N–H and O–H groups in total. The molecule has 0 aromatic carbocycles. The van der Waals surface area contributed by atoms with E-state index in [9.17, 15) is 19.2 Å². The van der Waals surface area contributed by atoms with E-state index < -0.39 is 96.0 Å². The summed E-state index contributed by atoms with van der Waals surface area (Å²) >= 11 is 1.27. The van der Waals surface area contributed by atoms with Gasteiger partial charge in [-0.2, -0.15) is 0 Å². The van der Waals surface area contributed by atoms with Gasteiger partial charge < -0.3 is 47.4 Å². The molecule has 10 atom stereocenters. The van der Waals surface area contributed by atoms with Crippen molar-refractivity contribution in [2.45, 2.75) is 134 Å². The van der Waals surface area contributed by atoms with Gasteiger partial charge in [0.25, 0.3) is 0 Å². The molecular formula is C27H40O14S. The molecule has 42 heavy (non-hydrogen) atoms. The van der Waals surface area contributed by atoms with Crippen LogP contribution in [-0.4, -0.2) is 108 Å². The number of fused-ring (bicyclic) bond motifs is 3. The topological polar surface area (TPSA) is 161 Å². The third-order valence-corrected chi connectivity index (χ3v) is 8.06. The second-order valence-corrected chi connectivity index (χ2v) is 12.6. The van der Waals surface area contributed by atoms with Crippen molar-refractivity contribution in [1.29, 1.82) is 0 Å². The van der Waals surface area contributed by atoms with Gasteiger partial charge in [0.1, 0.15) is 36.5 Å². The number of hydrogen-bond acceptors (Lipinski definition) is 15. The third-order valence-electron chi connectivity index (χ3n) is 6.88. The third kappa shape index (κ3) is 7.92. The summed E-state index contributed by atoms with van der Waals surface area (Å²) in [5.41, 5.74) is -0.889. The quantitative estimate of drug-likeness (QED) is 0.270. The minimum absolute atomic E-state index is 0.291. The van der Waals surface area contributed by atoms with Crippen molar-refractivity contribution in [3.8, 4) is 0 Å². The van der Waals surface area contributed by atoms with Gasteiger partial charge in [-0.3, -0.25) is 19.2 Å². The van der Waals surface area contributed by atoms with Gasteiger partial charge in [0, 0.05) is 27.7 Å². The fourth-order valence-corrected chi connectivity index (χ4v) is 6.77. The molecule has 0 bridgehead atoms. The van der Waals surface area contributed by atoms with E-state index in [1.165, 1.54) is 39.5 Å². The number of hydrogen-bond donors (Lipinski definition) is 0. The standard InChI is InChI=1S/C27H40O14S/c1-12(28)32-11-17-18(33-13(2)29)20(34-14(3)30)23(35-15(4)31)25(37-17)42-10-9-16-19-21(39-26(5,6)38-19)22-24(36-16)41-27(7,8)40-22/h16-25H,9-11H2,1-8H3/t16-,17-,18-,19+,20+,21+,22-,23-,24-,25+/m1/s1. The van der Waals surface area contributed by atoms with Crippen LogP contribution in [0.2, 0.25) is 0 Å². The Bertz CT molecular complexity index is 1030. The van der Waals surface area contributed by atoms with Crippen molar-refractivity contribution in [1.82, 2.24) is 0 Å².